The second kappa shape index (κ2) is 7.76. The Morgan fingerprint density at radius 1 is 1.19 bits per heavy atom. The van der Waals surface area contributed by atoms with Crippen LogP contribution in [0.2, 0.25) is 0 Å². The van der Waals surface area contributed by atoms with Crippen LogP contribution in [-0.2, 0) is 6.42 Å². The maximum atomic E-state index is 13.4. The minimum atomic E-state index is -0.610. The zero-order valence-electron chi connectivity index (χ0n) is 12.1. The molecule has 0 aliphatic carbocycles. The fraction of sp³-hybridized carbons (Fsp3) is 0.294. The minimum Gasteiger partial charge on any atom is -0.497 e. The van der Waals surface area contributed by atoms with Gasteiger partial charge in [0, 0.05) is 6.54 Å². The first-order valence-electron chi connectivity index (χ1n) is 6.97. The number of ether oxygens (including phenoxy) is 1. The fourth-order valence-corrected chi connectivity index (χ4v) is 2.13. The van der Waals surface area contributed by atoms with Gasteiger partial charge in [0.1, 0.15) is 11.6 Å². The molecular formula is C17H20FNO2. The van der Waals surface area contributed by atoms with Crippen LogP contribution in [0.5, 0.6) is 5.75 Å². The predicted molar refractivity (Wildman–Crippen MR) is 80.9 cm³/mol. The maximum absolute atomic E-state index is 13.4. The Morgan fingerprint density at radius 3 is 2.76 bits per heavy atom. The average molecular weight is 289 g/mol. The van der Waals surface area contributed by atoms with Gasteiger partial charge in [-0.15, -0.1) is 0 Å². The van der Waals surface area contributed by atoms with Gasteiger partial charge in [0.2, 0.25) is 0 Å². The maximum Gasteiger partial charge on any atom is 0.126 e. The predicted octanol–water partition coefficient (Wildman–Crippen LogP) is 2.70. The van der Waals surface area contributed by atoms with Crippen LogP contribution in [0.15, 0.2) is 48.5 Å². The van der Waals surface area contributed by atoms with Crippen molar-refractivity contribution >= 4 is 0 Å². The number of rotatable bonds is 7. The van der Waals surface area contributed by atoms with E-state index in [4.69, 9.17) is 4.74 Å². The number of halogens is 1. The first-order valence-corrected chi connectivity index (χ1v) is 6.97. The normalized spacial score (nSPS) is 12.1. The van der Waals surface area contributed by atoms with E-state index in [9.17, 15) is 9.50 Å². The summed E-state index contributed by atoms with van der Waals surface area (Å²) in [4.78, 5) is 0. The number of methoxy groups -OCH3 is 1. The second-order valence-electron chi connectivity index (χ2n) is 4.84. The lowest BCUT2D eigenvalue weighted by atomic mass is 10.1. The summed E-state index contributed by atoms with van der Waals surface area (Å²) in [5, 5.41) is 13.2. The highest BCUT2D eigenvalue weighted by atomic mass is 19.1. The van der Waals surface area contributed by atoms with Crippen LogP contribution in [0.4, 0.5) is 4.39 Å². The molecule has 2 aromatic carbocycles. The highest BCUT2D eigenvalue weighted by Gasteiger charge is 2.08. The molecule has 0 fully saturated rings. The smallest absolute Gasteiger partial charge is 0.126 e. The largest absolute Gasteiger partial charge is 0.497 e. The lowest BCUT2D eigenvalue weighted by Gasteiger charge is -2.13. The molecular weight excluding hydrogens is 269 g/mol. The van der Waals surface area contributed by atoms with Crippen molar-refractivity contribution in [3.8, 4) is 5.75 Å². The Hall–Kier alpha value is -1.91. The Labute approximate surface area is 124 Å². The van der Waals surface area contributed by atoms with Crippen molar-refractivity contribution in [1.82, 2.24) is 5.32 Å². The third-order valence-electron chi connectivity index (χ3n) is 3.35. The molecule has 0 saturated heterocycles. The van der Waals surface area contributed by atoms with Gasteiger partial charge in [-0.1, -0.05) is 30.3 Å². The molecule has 0 aromatic heterocycles. The summed E-state index contributed by atoms with van der Waals surface area (Å²) in [6.45, 7) is 1.03. The van der Waals surface area contributed by atoms with Crippen molar-refractivity contribution in [3.63, 3.8) is 0 Å². The number of benzene rings is 2. The van der Waals surface area contributed by atoms with E-state index >= 15 is 0 Å². The van der Waals surface area contributed by atoms with Crippen molar-refractivity contribution in [2.75, 3.05) is 20.2 Å². The molecule has 4 heteroatoms. The van der Waals surface area contributed by atoms with Gasteiger partial charge < -0.3 is 15.2 Å². The Morgan fingerprint density at radius 2 is 2.00 bits per heavy atom. The van der Waals surface area contributed by atoms with Gasteiger partial charge in [-0.3, -0.25) is 0 Å². The number of aliphatic hydroxyl groups is 1. The van der Waals surface area contributed by atoms with Gasteiger partial charge in [0.05, 0.1) is 13.2 Å². The van der Waals surface area contributed by atoms with Crippen LogP contribution >= 0.6 is 0 Å². The van der Waals surface area contributed by atoms with Crippen molar-refractivity contribution in [2.45, 2.75) is 12.5 Å². The van der Waals surface area contributed by atoms with E-state index in [-0.39, 0.29) is 5.82 Å². The van der Waals surface area contributed by atoms with E-state index in [2.05, 4.69) is 5.32 Å². The molecule has 0 aliphatic heterocycles. The fourth-order valence-electron chi connectivity index (χ4n) is 2.13. The van der Waals surface area contributed by atoms with E-state index in [0.717, 1.165) is 11.3 Å². The van der Waals surface area contributed by atoms with Gasteiger partial charge in [-0.25, -0.2) is 4.39 Å². The van der Waals surface area contributed by atoms with Gasteiger partial charge >= 0.3 is 0 Å². The molecule has 0 radical (unpaired) electrons. The van der Waals surface area contributed by atoms with Crippen molar-refractivity contribution in [3.05, 3.63) is 65.5 Å². The first-order chi connectivity index (χ1) is 10.2. The molecule has 21 heavy (non-hydrogen) atoms. The van der Waals surface area contributed by atoms with Crippen LogP contribution < -0.4 is 10.1 Å². The van der Waals surface area contributed by atoms with E-state index in [1.165, 1.54) is 6.07 Å². The summed E-state index contributed by atoms with van der Waals surface area (Å²) < 4.78 is 18.6. The molecule has 2 rings (SSSR count). The summed E-state index contributed by atoms with van der Waals surface area (Å²) in [6, 6.07) is 14.1. The van der Waals surface area contributed by atoms with Crippen LogP contribution in [0.3, 0.4) is 0 Å². The number of hydrogen-bond donors (Lipinski definition) is 2. The minimum absolute atomic E-state index is 0.187. The molecule has 1 unspecified atom stereocenters. The zero-order chi connectivity index (χ0) is 15.1. The van der Waals surface area contributed by atoms with Crippen LogP contribution in [-0.4, -0.2) is 25.3 Å². The Kier molecular flexibility index (Phi) is 5.72. The molecule has 0 aliphatic rings. The SMILES string of the molecule is COc1cccc(C(O)CNCCc2ccccc2F)c1. The highest BCUT2D eigenvalue weighted by molar-refractivity contribution is 5.29. The van der Waals surface area contributed by atoms with E-state index < -0.39 is 6.10 Å². The van der Waals surface area contributed by atoms with Crippen molar-refractivity contribution in [1.29, 1.82) is 0 Å². The van der Waals surface area contributed by atoms with Crippen molar-refractivity contribution < 1.29 is 14.2 Å². The summed E-state index contributed by atoms with van der Waals surface area (Å²) in [6.07, 6.45) is -0.0157. The topological polar surface area (TPSA) is 41.5 Å². The number of hydrogen-bond acceptors (Lipinski definition) is 3. The molecule has 3 nitrogen and oxygen atoms in total. The van der Waals surface area contributed by atoms with Crippen LogP contribution in [0, 0.1) is 5.82 Å². The number of aliphatic hydroxyl groups excluding tert-OH is 1. The molecule has 0 saturated carbocycles. The van der Waals surface area contributed by atoms with E-state index in [1.54, 1.807) is 19.2 Å². The lowest BCUT2D eigenvalue weighted by Crippen LogP contribution is -2.24. The molecule has 0 heterocycles. The third-order valence-corrected chi connectivity index (χ3v) is 3.35. The van der Waals surface area contributed by atoms with Crippen molar-refractivity contribution in [2.24, 2.45) is 0 Å². The summed E-state index contributed by atoms with van der Waals surface area (Å²) >= 11 is 0. The Bertz CT molecular complexity index is 574. The molecule has 2 N–H and O–H groups in total. The average Bonchev–Trinajstić information content (AvgIpc) is 2.53. The van der Waals surface area contributed by atoms with Crippen LogP contribution in [0.25, 0.3) is 0 Å². The molecule has 0 bridgehead atoms. The molecule has 112 valence electrons. The molecule has 0 spiro atoms. The van der Waals surface area contributed by atoms with Crippen LogP contribution in [0.1, 0.15) is 17.2 Å². The summed E-state index contributed by atoms with van der Waals surface area (Å²) in [5.41, 5.74) is 1.48. The van der Waals surface area contributed by atoms with Gasteiger partial charge in [-0.2, -0.15) is 0 Å². The Balaban J connectivity index is 1.79. The van der Waals surface area contributed by atoms with E-state index in [0.29, 0.717) is 25.1 Å². The van der Waals surface area contributed by atoms with Gasteiger partial charge in [-0.05, 0) is 42.3 Å². The molecule has 0 amide bonds. The summed E-state index contributed by atoms with van der Waals surface area (Å²) in [5.74, 6) is 0.533. The van der Waals surface area contributed by atoms with Gasteiger partial charge in [0.15, 0.2) is 0 Å². The zero-order valence-corrected chi connectivity index (χ0v) is 12.1. The third kappa shape index (κ3) is 4.55. The summed E-state index contributed by atoms with van der Waals surface area (Å²) in [7, 11) is 1.60. The van der Waals surface area contributed by atoms with Gasteiger partial charge in [0.25, 0.3) is 0 Å². The highest BCUT2D eigenvalue weighted by Crippen LogP contribution is 2.18. The monoisotopic (exact) mass is 289 g/mol. The van der Waals surface area contributed by atoms with E-state index in [1.807, 2.05) is 30.3 Å². The lowest BCUT2D eigenvalue weighted by molar-refractivity contribution is 0.174. The quantitative estimate of drug-likeness (QED) is 0.770. The number of nitrogens with one attached hydrogen (secondary N) is 1. The molecule has 1 atom stereocenters. The first kappa shape index (κ1) is 15.5. The second-order valence-corrected chi connectivity index (χ2v) is 4.84. The molecule has 2 aromatic rings. The standard InChI is InChI=1S/C17H20FNO2/c1-21-15-7-4-6-14(11-15)17(20)12-19-10-9-13-5-2-3-8-16(13)18/h2-8,11,17,19-20H,9-10,12H2,1H3.